The van der Waals surface area contributed by atoms with E-state index in [9.17, 15) is 4.79 Å². The Kier molecular flexibility index (Phi) is 7.26. The number of benzene rings is 3. The molecule has 1 aliphatic rings. The van der Waals surface area contributed by atoms with Crippen LogP contribution in [-0.2, 0) is 6.54 Å². The Hall–Kier alpha value is -4.06. The van der Waals surface area contributed by atoms with Crippen LogP contribution >= 0.6 is 0 Å². The van der Waals surface area contributed by atoms with E-state index in [-0.39, 0.29) is 18.7 Å². The molecule has 2 heterocycles. The van der Waals surface area contributed by atoms with Crippen LogP contribution < -0.4 is 14.8 Å². The topological polar surface area (TPSA) is 65.4 Å². The predicted molar refractivity (Wildman–Crippen MR) is 146 cm³/mol. The van der Waals surface area contributed by atoms with Crippen molar-refractivity contribution < 1.29 is 14.3 Å². The van der Waals surface area contributed by atoms with E-state index in [1.54, 1.807) is 0 Å². The number of nitrogens with zero attached hydrogens (tertiary/aromatic N) is 2. The molecule has 1 amide bonds. The number of hydrogen-bond donors (Lipinski definition) is 1. The predicted octanol–water partition coefficient (Wildman–Crippen LogP) is 6.87. The Labute approximate surface area is 218 Å². The summed E-state index contributed by atoms with van der Waals surface area (Å²) in [5.41, 5.74) is 4.06. The molecule has 0 bridgehead atoms. The fourth-order valence-corrected chi connectivity index (χ4v) is 4.78. The van der Waals surface area contributed by atoms with Gasteiger partial charge in [0.1, 0.15) is 17.2 Å². The first-order valence-electron chi connectivity index (χ1n) is 13.0. The van der Waals surface area contributed by atoms with Crippen LogP contribution in [0.1, 0.15) is 55.7 Å². The van der Waals surface area contributed by atoms with Gasteiger partial charge in [0.2, 0.25) is 6.79 Å². The average Bonchev–Trinajstić information content (AvgIpc) is 3.56. The molecule has 4 aromatic rings. The molecule has 0 aliphatic carbocycles. The van der Waals surface area contributed by atoms with Gasteiger partial charge in [0.25, 0.3) is 5.91 Å². The maximum absolute atomic E-state index is 14.1. The smallest absolute Gasteiger partial charge is 0.270 e. The van der Waals surface area contributed by atoms with E-state index < -0.39 is 0 Å². The van der Waals surface area contributed by atoms with Gasteiger partial charge < -0.3 is 19.4 Å². The number of nitrogens with one attached hydrogen (secondary N) is 1. The van der Waals surface area contributed by atoms with Crippen LogP contribution in [0.15, 0.2) is 78.9 Å². The molecule has 1 N–H and O–H groups in total. The van der Waals surface area contributed by atoms with Gasteiger partial charge >= 0.3 is 0 Å². The minimum atomic E-state index is -0.137. The molecule has 5 rings (SSSR count). The number of fused-ring (bicyclic) bond motifs is 1. The van der Waals surface area contributed by atoms with Gasteiger partial charge in [-0.25, -0.2) is 4.98 Å². The lowest BCUT2D eigenvalue weighted by Gasteiger charge is -2.21. The summed E-state index contributed by atoms with van der Waals surface area (Å²) in [4.78, 5) is 19.1. The summed E-state index contributed by atoms with van der Waals surface area (Å²) in [6.07, 6.45) is 1.87. The van der Waals surface area contributed by atoms with Gasteiger partial charge in [-0.2, -0.15) is 0 Å². The second-order valence-corrected chi connectivity index (χ2v) is 9.72. The van der Waals surface area contributed by atoms with Crippen molar-refractivity contribution in [1.29, 1.82) is 0 Å². The number of carbonyl (C=O) groups is 1. The summed E-state index contributed by atoms with van der Waals surface area (Å²) in [6.45, 7) is 7.26. The molecule has 1 aliphatic heterocycles. The fraction of sp³-hybridized carbons (Fsp3) is 0.290. The van der Waals surface area contributed by atoms with Crippen molar-refractivity contribution in [3.63, 3.8) is 0 Å². The largest absolute Gasteiger partial charge is 0.454 e. The molecule has 37 heavy (non-hydrogen) atoms. The lowest BCUT2D eigenvalue weighted by atomic mass is 9.97. The van der Waals surface area contributed by atoms with Crippen LogP contribution in [0.2, 0.25) is 0 Å². The van der Waals surface area contributed by atoms with Gasteiger partial charge in [0.05, 0.1) is 6.04 Å². The quantitative estimate of drug-likeness (QED) is 0.275. The lowest BCUT2D eigenvalue weighted by molar-refractivity contribution is 0.0924. The molecule has 0 radical (unpaired) electrons. The zero-order valence-corrected chi connectivity index (χ0v) is 21.6. The van der Waals surface area contributed by atoms with Gasteiger partial charge in [0, 0.05) is 17.7 Å². The van der Waals surface area contributed by atoms with Gasteiger partial charge in [-0.05, 0) is 49.4 Å². The van der Waals surface area contributed by atoms with Crippen molar-refractivity contribution in [2.24, 2.45) is 5.92 Å². The SMILES string of the molecule is CCn1c(-c2ccccc2)nc(-c2ccc3c(c2)OCO3)c1C(=O)NC(CCC(C)C)c1ccccc1. The van der Waals surface area contributed by atoms with Crippen molar-refractivity contribution in [3.05, 3.63) is 90.1 Å². The molecule has 3 aromatic carbocycles. The number of carbonyl (C=O) groups excluding carboxylic acids is 1. The molecule has 190 valence electrons. The number of hydrogen-bond acceptors (Lipinski definition) is 4. The molecule has 6 nitrogen and oxygen atoms in total. The first-order valence-corrected chi connectivity index (χ1v) is 13.0. The second-order valence-electron chi connectivity index (χ2n) is 9.72. The maximum atomic E-state index is 14.1. The highest BCUT2D eigenvalue weighted by molar-refractivity contribution is 6.00. The molecule has 0 saturated heterocycles. The summed E-state index contributed by atoms with van der Waals surface area (Å²) >= 11 is 0. The fourth-order valence-electron chi connectivity index (χ4n) is 4.78. The number of ether oxygens (including phenoxy) is 2. The minimum absolute atomic E-state index is 0.0962. The number of rotatable bonds is 9. The van der Waals surface area contributed by atoms with Crippen LogP contribution in [0.5, 0.6) is 11.5 Å². The first-order chi connectivity index (χ1) is 18.0. The van der Waals surface area contributed by atoms with Crippen LogP contribution in [0.25, 0.3) is 22.6 Å². The van der Waals surface area contributed by atoms with Crippen molar-refractivity contribution in [3.8, 4) is 34.1 Å². The van der Waals surface area contributed by atoms with E-state index in [2.05, 4.69) is 31.3 Å². The monoisotopic (exact) mass is 495 g/mol. The van der Waals surface area contributed by atoms with Crippen LogP contribution in [0, 0.1) is 5.92 Å². The number of amides is 1. The van der Waals surface area contributed by atoms with Gasteiger partial charge in [-0.1, -0.05) is 74.5 Å². The molecule has 0 saturated carbocycles. The Morgan fingerprint density at radius 2 is 1.62 bits per heavy atom. The van der Waals surface area contributed by atoms with Crippen molar-refractivity contribution >= 4 is 5.91 Å². The van der Waals surface area contributed by atoms with E-state index in [1.165, 1.54) is 0 Å². The standard InChI is InChI=1S/C31H33N3O3/c1-4-34-29(31(35)32-25(17-15-21(2)3)22-11-7-5-8-12-22)28(33-30(34)23-13-9-6-10-14-23)24-16-18-26-27(19-24)37-20-36-26/h5-14,16,18-19,21,25H,4,15,17,20H2,1-3H3,(H,32,35). The lowest BCUT2D eigenvalue weighted by Crippen LogP contribution is -2.31. The zero-order valence-electron chi connectivity index (χ0n) is 21.6. The summed E-state index contributed by atoms with van der Waals surface area (Å²) in [7, 11) is 0. The molecule has 1 atom stereocenters. The second kappa shape index (κ2) is 10.9. The summed E-state index contributed by atoms with van der Waals surface area (Å²) in [5, 5.41) is 3.35. The molecule has 6 heteroatoms. The van der Waals surface area contributed by atoms with Crippen LogP contribution in [0.3, 0.4) is 0 Å². The minimum Gasteiger partial charge on any atom is -0.454 e. The van der Waals surface area contributed by atoms with Crippen LogP contribution in [-0.4, -0.2) is 22.3 Å². The third kappa shape index (κ3) is 5.24. The number of aromatic nitrogens is 2. The van der Waals surface area contributed by atoms with Gasteiger partial charge in [-0.3, -0.25) is 4.79 Å². The third-order valence-corrected chi connectivity index (χ3v) is 6.72. The van der Waals surface area contributed by atoms with E-state index in [0.29, 0.717) is 35.3 Å². The van der Waals surface area contributed by atoms with Crippen molar-refractivity contribution in [2.75, 3.05) is 6.79 Å². The molecule has 1 unspecified atom stereocenters. The summed E-state index contributed by atoms with van der Waals surface area (Å²) in [6, 6.07) is 25.8. The highest BCUT2D eigenvalue weighted by atomic mass is 16.7. The van der Waals surface area contributed by atoms with E-state index in [1.807, 2.05) is 78.2 Å². The highest BCUT2D eigenvalue weighted by Crippen LogP contribution is 2.38. The van der Waals surface area contributed by atoms with Gasteiger partial charge in [0.15, 0.2) is 11.5 Å². The molecule has 0 fully saturated rings. The van der Waals surface area contributed by atoms with E-state index >= 15 is 0 Å². The van der Waals surface area contributed by atoms with Crippen molar-refractivity contribution in [1.82, 2.24) is 14.9 Å². The number of imidazole rings is 1. The Morgan fingerprint density at radius 1 is 0.919 bits per heavy atom. The third-order valence-electron chi connectivity index (χ3n) is 6.72. The first kappa shape index (κ1) is 24.6. The Bertz CT molecular complexity index is 1360. The van der Waals surface area contributed by atoms with Gasteiger partial charge in [-0.15, -0.1) is 0 Å². The van der Waals surface area contributed by atoms with E-state index in [4.69, 9.17) is 14.5 Å². The highest BCUT2D eigenvalue weighted by Gasteiger charge is 2.27. The molecule has 1 aromatic heterocycles. The van der Waals surface area contributed by atoms with E-state index in [0.717, 1.165) is 35.4 Å². The molecule has 0 spiro atoms. The molecular formula is C31H33N3O3. The zero-order chi connectivity index (χ0) is 25.8. The summed E-state index contributed by atoms with van der Waals surface area (Å²) < 4.78 is 13.1. The normalized spacial score (nSPS) is 13.1. The summed E-state index contributed by atoms with van der Waals surface area (Å²) in [5.74, 6) is 2.53. The molecular weight excluding hydrogens is 462 g/mol. The Morgan fingerprint density at radius 3 is 2.32 bits per heavy atom. The van der Waals surface area contributed by atoms with Crippen molar-refractivity contribution in [2.45, 2.75) is 46.2 Å². The average molecular weight is 496 g/mol. The maximum Gasteiger partial charge on any atom is 0.270 e. The van der Waals surface area contributed by atoms with Crippen LogP contribution in [0.4, 0.5) is 0 Å². The Balaban J connectivity index is 1.59.